The van der Waals surface area contributed by atoms with Crippen LogP contribution in [0.1, 0.15) is 38.5 Å². The van der Waals surface area contributed by atoms with Crippen LogP contribution in [0.15, 0.2) is 4.99 Å². The molecule has 2 bridgehead atoms. The number of nitrogens with two attached hydrogens (primary N) is 1. The molecule has 3 fully saturated rings. The summed E-state index contributed by atoms with van der Waals surface area (Å²) in [6, 6.07) is 0.684. The zero-order chi connectivity index (χ0) is 11.1. The normalized spacial score (nSPS) is 35.8. The summed E-state index contributed by atoms with van der Waals surface area (Å²) in [5.74, 6) is 3.59. The van der Waals surface area contributed by atoms with E-state index in [0.717, 1.165) is 30.3 Å². The molecule has 0 aliphatic heterocycles. The molecule has 0 spiro atoms. The second-order valence-corrected chi connectivity index (χ2v) is 5.98. The minimum absolute atomic E-state index is 0. The SMILES string of the molecule is CN(C(N)=NCC1CC2CCC1C2)C1CC1.I. The lowest BCUT2D eigenvalue weighted by Gasteiger charge is -2.21. The van der Waals surface area contributed by atoms with Crippen molar-refractivity contribution in [1.29, 1.82) is 0 Å². The van der Waals surface area contributed by atoms with Crippen LogP contribution in [0.3, 0.4) is 0 Å². The lowest BCUT2D eigenvalue weighted by molar-refractivity contribution is 0.340. The van der Waals surface area contributed by atoms with E-state index in [4.69, 9.17) is 5.73 Å². The fraction of sp³-hybridized carbons (Fsp3) is 0.923. The monoisotopic (exact) mass is 349 g/mol. The van der Waals surface area contributed by atoms with Gasteiger partial charge in [-0.1, -0.05) is 6.42 Å². The highest BCUT2D eigenvalue weighted by atomic mass is 127. The minimum atomic E-state index is 0. The molecule has 0 aromatic carbocycles. The van der Waals surface area contributed by atoms with Gasteiger partial charge in [-0.05, 0) is 49.9 Å². The van der Waals surface area contributed by atoms with Gasteiger partial charge in [-0.15, -0.1) is 24.0 Å². The third-order valence-electron chi connectivity index (χ3n) is 4.83. The van der Waals surface area contributed by atoms with E-state index in [1.807, 2.05) is 0 Å². The Morgan fingerprint density at radius 1 is 1.24 bits per heavy atom. The zero-order valence-corrected chi connectivity index (χ0v) is 13.0. The molecular weight excluding hydrogens is 325 g/mol. The standard InChI is InChI=1S/C13H23N3.HI/c1-16(12-4-5-12)13(14)15-8-11-7-9-2-3-10(11)6-9;/h9-12H,2-8H2,1H3,(H2,14,15);1H. The van der Waals surface area contributed by atoms with E-state index < -0.39 is 0 Å². The van der Waals surface area contributed by atoms with Crippen LogP contribution in [0.4, 0.5) is 0 Å². The van der Waals surface area contributed by atoms with E-state index in [0.29, 0.717) is 6.04 Å². The van der Waals surface area contributed by atoms with Crippen molar-refractivity contribution in [2.75, 3.05) is 13.6 Å². The van der Waals surface area contributed by atoms with Crippen molar-refractivity contribution < 1.29 is 0 Å². The first-order valence-corrected chi connectivity index (χ1v) is 6.77. The average Bonchev–Trinajstić information content (AvgIpc) is 2.94. The van der Waals surface area contributed by atoms with E-state index in [9.17, 15) is 0 Å². The minimum Gasteiger partial charge on any atom is -0.370 e. The zero-order valence-electron chi connectivity index (χ0n) is 10.6. The number of hydrogen-bond acceptors (Lipinski definition) is 1. The highest BCUT2D eigenvalue weighted by molar-refractivity contribution is 14.0. The quantitative estimate of drug-likeness (QED) is 0.483. The van der Waals surface area contributed by atoms with Gasteiger partial charge in [0.2, 0.25) is 0 Å². The van der Waals surface area contributed by atoms with Gasteiger partial charge in [-0.3, -0.25) is 4.99 Å². The van der Waals surface area contributed by atoms with E-state index in [1.165, 1.54) is 38.5 Å². The Bertz CT molecular complexity index is 301. The van der Waals surface area contributed by atoms with E-state index in [2.05, 4.69) is 16.9 Å². The third kappa shape index (κ3) is 2.88. The molecule has 3 nitrogen and oxygen atoms in total. The van der Waals surface area contributed by atoms with Crippen molar-refractivity contribution in [2.24, 2.45) is 28.5 Å². The number of aliphatic imine (C=N–C) groups is 1. The molecular formula is C13H24IN3. The van der Waals surface area contributed by atoms with Gasteiger partial charge in [-0.2, -0.15) is 0 Å². The molecule has 4 heteroatoms. The maximum absolute atomic E-state index is 6.01. The van der Waals surface area contributed by atoms with Crippen LogP contribution in [-0.2, 0) is 0 Å². The predicted molar refractivity (Wildman–Crippen MR) is 81.6 cm³/mol. The van der Waals surface area contributed by atoms with Crippen LogP contribution in [0.5, 0.6) is 0 Å². The third-order valence-corrected chi connectivity index (χ3v) is 4.83. The number of rotatable bonds is 3. The van der Waals surface area contributed by atoms with Gasteiger partial charge in [0, 0.05) is 19.6 Å². The molecule has 3 saturated carbocycles. The number of guanidine groups is 1. The smallest absolute Gasteiger partial charge is 0.191 e. The molecule has 98 valence electrons. The highest BCUT2D eigenvalue weighted by Crippen LogP contribution is 2.48. The van der Waals surface area contributed by atoms with Crippen LogP contribution >= 0.6 is 24.0 Å². The summed E-state index contributed by atoms with van der Waals surface area (Å²) in [5, 5.41) is 0. The molecule has 0 saturated heterocycles. The van der Waals surface area contributed by atoms with Crippen molar-refractivity contribution in [3.8, 4) is 0 Å². The summed E-state index contributed by atoms with van der Waals surface area (Å²) < 4.78 is 0. The Hall–Kier alpha value is 0. The maximum atomic E-state index is 6.01. The van der Waals surface area contributed by atoms with E-state index >= 15 is 0 Å². The number of hydrogen-bond donors (Lipinski definition) is 1. The topological polar surface area (TPSA) is 41.6 Å². The van der Waals surface area contributed by atoms with Gasteiger partial charge in [0.25, 0.3) is 0 Å². The second-order valence-electron chi connectivity index (χ2n) is 5.98. The van der Waals surface area contributed by atoms with Crippen LogP contribution in [0, 0.1) is 17.8 Å². The molecule has 0 amide bonds. The lowest BCUT2D eigenvalue weighted by atomic mass is 9.89. The van der Waals surface area contributed by atoms with Crippen LogP contribution in [0.2, 0.25) is 0 Å². The van der Waals surface area contributed by atoms with Crippen molar-refractivity contribution in [2.45, 2.75) is 44.6 Å². The summed E-state index contributed by atoms with van der Waals surface area (Å²) in [6.45, 7) is 0.976. The summed E-state index contributed by atoms with van der Waals surface area (Å²) in [6.07, 6.45) is 8.39. The molecule has 2 N–H and O–H groups in total. The molecule has 3 aliphatic carbocycles. The highest BCUT2D eigenvalue weighted by Gasteiger charge is 2.39. The number of halogens is 1. The van der Waals surface area contributed by atoms with E-state index in [1.54, 1.807) is 0 Å². The molecule has 3 unspecified atom stereocenters. The largest absolute Gasteiger partial charge is 0.370 e. The molecule has 0 heterocycles. The van der Waals surface area contributed by atoms with Gasteiger partial charge < -0.3 is 10.6 Å². The Labute approximate surface area is 121 Å². The van der Waals surface area contributed by atoms with Crippen molar-refractivity contribution >= 4 is 29.9 Å². The summed E-state index contributed by atoms with van der Waals surface area (Å²) in [7, 11) is 2.08. The van der Waals surface area contributed by atoms with Crippen LogP contribution < -0.4 is 5.73 Å². The molecule has 0 radical (unpaired) electrons. The second kappa shape index (κ2) is 5.33. The van der Waals surface area contributed by atoms with Gasteiger partial charge in [-0.25, -0.2) is 0 Å². The molecule has 17 heavy (non-hydrogen) atoms. The summed E-state index contributed by atoms with van der Waals surface area (Å²) in [4.78, 5) is 6.77. The van der Waals surface area contributed by atoms with Crippen LogP contribution in [-0.4, -0.2) is 30.5 Å². The lowest BCUT2D eigenvalue weighted by Crippen LogP contribution is -2.36. The maximum Gasteiger partial charge on any atom is 0.191 e. The number of fused-ring (bicyclic) bond motifs is 2. The Balaban J connectivity index is 0.00000108. The molecule has 3 atom stereocenters. The van der Waals surface area contributed by atoms with Gasteiger partial charge in [0.1, 0.15) is 0 Å². The molecule has 3 aliphatic rings. The van der Waals surface area contributed by atoms with Crippen molar-refractivity contribution in [1.82, 2.24) is 4.90 Å². The van der Waals surface area contributed by atoms with Crippen molar-refractivity contribution in [3.05, 3.63) is 0 Å². The van der Waals surface area contributed by atoms with Gasteiger partial charge >= 0.3 is 0 Å². The first-order chi connectivity index (χ1) is 7.74. The first-order valence-electron chi connectivity index (χ1n) is 6.77. The molecule has 3 rings (SSSR count). The Morgan fingerprint density at radius 3 is 2.53 bits per heavy atom. The first kappa shape index (κ1) is 13.4. The fourth-order valence-electron chi connectivity index (χ4n) is 3.57. The average molecular weight is 349 g/mol. The van der Waals surface area contributed by atoms with E-state index in [-0.39, 0.29) is 24.0 Å². The Morgan fingerprint density at radius 2 is 2.00 bits per heavy atom. The predicted octanol–water partition coefficient (Wildman–Crippen LogP) is 2.45. The van der Waals surface area contributed by atoms with Crippen LogP contribution in [0.25, 0.3) is 0 Å². The summed E-state index contributed by atoms with van der Waals surface area (Å²) in [5.41, 5.74) is 6.01. The Kier molecular flexibility index (Phi) is 4.21. The molecule has 0 aromatic rings. The summed E-state index contributed by atoms with van der Waals surface area (Å²) >= 11 is 0. The van der Waals surface area contributed by atoms with Crippen molar-refractivity contribution in [3.63, 3.8) is 0 Å². The van der Waals surface area contributed by atoms with Gasteiger partial charge in [0.05, 0.1) is 0 Å². The molecule has 0 aromatic heterocycles. The van der Waals surface area contributed by atoms with Gasteiger partial charge in [0.15, 0.2) is 5.96 Å². The number of nitrogens with zero attached hydrogens (tertiary/aromatic N) is 2. The fourth-order valence-corrected chi connectivity index (χ4v) is 3.57.